The van der Waals surface area contributed by atoms with Gasteiger partial charge in [0.1, 0.15) is 5.75 Å². The highest BCUT2D eigenvalue weighted by molar-refractivity contribution is 6.04. The molecule has 0 unspecified atom stereocenters. The number of carbonyl (C=O) groups is 2. The first kappa shape index (κ1) is 18.9. The Labute approximate surface area is 175 Å². The van der Waals surface area contributed by atoms with Crippen molar-refractivity contribution in [1.82, 2.24) is 4.90 Å². The second-order valence-corrected chi connectivity index (χ2v) is 8.16. The van der Waals surface area contributed by atoms with Gasteiger partial charge in [-0.3, -0.25) is 9.69 Å². The lowest BCUT2D eigenvalue weighted by atomic mass is 9.71. The largest absolute Gasteiger partial charge is 0.495 e. The summed E-state index contributed by atoms with van der Waals surface area (Å²) in [5, 5.41) is 12.9. The zero-order valence-electron chi connectivity index (χ0n) is 16.8. The lowest BCUT2D eigenvalue weighted by Crippen LogP contribution is -2.71. The number of urea groups is 1. The summed E-state index contributed by atoms with van der Waals surface area (Å²) >= 11 is 0. The molecule has 0 bridgehead atoms. The van der Waals surface area contributed by atoms with Crippen molar-refractivity contribution in [2.24, 2.45) is 5.92 Å². The van der Waals surface area contributed by atoms with Crippen LogP contribution in [-0.2, 0) is 4.79 Å². The zero-order valence-corrected chi connectivity index (χ0v) is 16.8. The number of fused-ring (bicyclic) bond motifs is 3. The third kappa shape index (κ3) is 2.92. The Bertz CT molecular complexity index is 990. The van der Waals surface area contributed by atoms with Gasteiger partial charge in [-0.1, -0.05) is 30.3 Å². The van der Waals surface area contributed by atoms with E-state index in [1.165, 1.54) is 0 Å². The summed E-state index contributed by atoms with van der Waals surface area (Å²) in [5.41, 5.74) is 2.42. The highest BCUT2D eigenvalue weighted by Gasteiger charge is 2.57. The molecule has 7 nitrogen and oxygen atoms in total. The number of amides is 3. The van der Waals surface area contributed by atoms with Gasteiger partial charge >= 0.3 is 6.03 Å². The third-order valence-corrected chi connectivity index (χ3v) is 6.46. The lowest BCUT2D eigenvalue weighted by molar-refractivity contribution is -0.151. The number of hydrogen-bond donors (Lipinski definition) is 2. The minimum atomic E-state index is -0.267. The van der Waals surface area contributed by atoms with E-state index in [4.69, 9.17) is 4.74 Å². The van der Waals surface area contributed by atoms with Crippen molar-refractivity contribution >= 4 is 23.3 Å². The molecule has 0 radical (unpaired) electrons. The molecule has 1 saturated carbocycles. The van der Waals surface area contributed by atoms with Crippen LogP contribution in [0.4, 0.5) is 16.2 Å². The number of aliphatic hydroxyl groups is 1. The van der Waals surface area contributed by atoms with Gasteiger partial charge in [0.05, 0.1) is 31.5 Å². The van der Waals surface area contributed by atoms with Crippen LogP contribution in [0.2, 0.25) is 0 Å². The molecule has 3 atom stereocenters. The van der Waals surface area contributed by atoms with E-state index >= 15 is 0 Å². The minimum absolute atomic E-state index is 0.0456. The molecule has 2 aromatic carbocycles. The average molecular weight is 407 g/mol. The Morgan fingerprint density at radius 2 is 1.87 bits per heavy atom. The van der Waals surface area contributed by atoms with Crippen molar-refractivity contribution in [2.75, 3.05) is 30.5 Å². The van der Waals surface area contributed by atoms with E-state index in [0.717, 1.165) is 24.1 Å². The fraction of sp³-hybridized carbons (Fsp3) is 0.391. The molecule has 0 spiro atoms. The summed E-state index contributed by atoms with van der Waals surface area (Å²) in [7, 11) is 1.57. The van der Waals surface area contributed by atoms with E-state index in [0.29, 0.717) is 18.0 Å². The summed E-state index contributed by atoms with van der Waals surface area (Å²) in [4.78, 5) is 29.6. The highest BCUT2D eigenvalue weighted by atomic mass is 16.5. The zero-order chi connectivity index (χ0) is 20.8. The number of benzene rings is 2. The van der Waals surface area contributed by atoms with Crippen LogP contribution < -0.4 is 15.0 Å². The van der Waals surface area contributed by atoms with Crippen LogP contribution in [0.1, 0.15) is 24.3 Å². The number of carbonyl (C=O) groups excluding carboxylic acids is 2. The number of para-hydroxylation sites is 3. The van der Waals surface area contributed by atoms with E-state index in [-0.39, 0.29) is 42.5 Å². The van der Waals surface area contributed by atoms with Crippen LogP contribution in [0.5, 0.6) is 5.75 Å². The van der Waals surface area contributed by atoms with Gasteiger partial charge in [-0.05, 0) is 36.6 Å². The predicted molar refractivity (Wildman–Crippen MR) is 113 cm³/mol. The van der Waals surface area contributed by atoms with E-state index in [1.807, 2.05) is 41.3 Å². The standard InChI is InChI=1S/C23H25N3O4/c1-30-20-9-5-3-7-16(20)24-23(29)25-12-18-21(15-6-2-4-8-17(15)25)19(13-27)26(18)22(28)14-10-11-14/h2-9,14,18-19,21,27H,10-13H2,1H3,(H,24,29)/t18-,19+,21+/m0/s1. The molecule has 156 valence electrons. The van der Waals surface area contributed by atoms with Crippen molar-refractivity contribution < 1.29 is 19.4 Å². The Kier molecular flexibility index (Phi) is 4.62. The first-order valence-corrected chi connectivity index (χ1v) is 10.4. The summed E-state index contributed by atoms with van der Waals surface area (Å²) in [6.45, 7) is 0.332. The Morgan fingerprint density at radius 1 is 1.13 bits per heavy atom. The molecule has 2 aromatic rings. The normalized spacial score (nSPS) is 24.4. The van der Waals surface area contributed by atoms with Crippen LogP contribution >= 0.6 is 0 Å². The molecule has 2 aliphatic heterocycles. The molecular weight excluding hydrogens is 382 g/mol. The maximum absolute atomic E-state index is 13.3. The van der Waals surface area contributed by atoms with Crippen LogP contribution in [0.3, 0.4) is 0 Å². The predicted octanol–water partition coefficient (Wildman–Crippen LogP) is 2.81. The maximum Gasteiger partial charge on any atom is 0.326 e. The van der Waals surface area contributed by atoms with Crippen LogP contribution in [0.25, 0.3) is 0 Å². The molecular formula is C23H25N3O4. The minimum Gasteiger partial charge on any atom is -0.495 e. The lowest BCUT2D eigenvalue weighted by Gasteiger charge is -2.59. The fourth-order valence-electron chi connectivity index (χ4n) is 4.86. The number of methoxy groups -OCH3 is 1. The summed E-state index contributed by atoms with van der Waals surface area (Å²) in [5.74, 6) is 0.820. The molecule has 1 saturated heterocycles. The number of anilines is 2. The molecule has 2 fully saturated rings. The molecule has 2 heterocycles. The highest BCUT2D eigenvalue weighted by Crippen LogP contribution is 2.50. The Hall–Kier alpha value is -3.06. The summed E-state index contributed by atoms with van der Waals surface area (Å²) in [6.07, 6.45) is 1.83. The molecule has 1 aliphatic carbocycles. The van der Waals surface area contributed by atoms with Gasteiger partial charge in [0, 0.05) is 24.1 Å². The van der Waals surface area contributed by atoms with E-state index in [2.05, 4.69) is 5.32 Å². The quantitative estimate of drug-likeness (QED) is 0.817. The van der Waals surface area contributed by atoms with Crippen LogP contribution in [0.15, 0.2) is 48.5 Å². The Morgan fingerprint density at radius 3 is 2.60 bits per heavy atom. The molecule has 3 aliphatic rings. The third-order valence-electron chi connectivity index (χ3n) is 6.46. The van der Waals surface area contributed by atoms with E-state index in [9.17, 15) is 14.7 Å². The number of likely N-dealkylation sites (tertiary alicyclic amines) is 1. The smallest absolute Gasteiger partial charge is 0.326 e. The van der Waals surface area contributed by atoms with Gasteiger partial charge in [-0.15, -0.1) is 0 Å². The van der Waals surface area contributed by atoms with Crippen molar-refractivity contribution in [1.29, 1.82) is 0 Å². The van der Waals surface area contributed by atoms with Crippen molar-refractivity contribution in [2.45, 2.75) is 30.8 Å². The molecule has 3 amide bonds. The molecule has 0 aromatic heterocycles. The maximum atomic E-state index is 13.3. The van der Waals surface area contributed by atoms with Gasteiger partial charge in [0.2, 0.25) is 5.91 Å². The second-order valence-electron chi connectivity index (χ2n) is 8.16. The first-order valence-electron chi connectivity index (χ1n) is 10.4. The SMILES string of the molecule is COc1ccccc1NC(=O)N1C[C@H]2[C@@H](c3ccccc31)[C@@H](CO)N2C(=O)C1CC1. The topological polar surface area (TPSA) is 82.1 Å². The molecule has 5 rings (SSSR count). The summed E-state index contributed by atoms with van der Waals surface area (Å²) < 4.78 is 5.35. The van der Waals surface area contributed by atoms with Crippen molar-refractivity contribution in [3.8, 4) is 5.75 Å². The number of aliphatic hydroxyl groups excluding tert-OH is 1. The number of rotatable bonds is 4. The average Bonchev–Trinajstić information content (AvgIpc) is 3.60. The van der Waals surface area contributed by atoms with Gasteiger partial charge in [-0.25, -0.2) is 4.79 Å². The number of hydrogen-bond acceptors (Lipinski definition) is 4. The van der Waals surface area contributed by atoms with Gasteiger partial charge in [0.15, 0.2) is 0 Å². The van der Waals surface area contributed by atoms with E-state index in [1.54, 1.807) is 24.1 Å². The number of ether oxygens (including phenoxy) is 1. The van der Waals surface area contributed by atoms with Crippen molar-refractivity contribution in [3.05, 3.63) is 54.1 Å². The second kappa shape index (κ2) is 7.32. The Balaban J connectivity index is 1.46. The van der Waals surface area contributed by atoms with Gasteiger partial charge < -0.3 is 20.1 Å². The van der Waals surface area contributed by atoms with E-state index < -0.39 is 0 Å². The fourth-order valence-corrected chi connectivity index (χ4v) is 4.86. The number of nitrogens with zero attached hydrogens (tertiary/aromatic N) is 2. The molecule has 2 N–H and O–H groups in total. The van der Waals surface area contributed by atoms with Crippen molar-refractivity contribution in [3.63, 3.8) is 0 Å². The van der Waals surface area contributed by atoms with Crippen LogP contribution in [-0.4, -0.2) is 54.3 Å². The van der Waals surface area contributed by atoms with Gasteiger partial charge in [0.25, 0.3) is 0 Å². The molecule has 7 heteroatoms. The monoisotopic (exact) mass is 407 g/mol. The molecule has 30 heavy (non-hydrogen) atoms. The number of nitrogens with one attached hydrogen (secondary N) is 1. The van der Waals surface area contributed by atoms with Gasteiger partial charge in [-0.2, -0.15) is 0 Å². The van der Waals surface area contributed by atoms with Crippen LogP contribution in [0, 0.1) is 5.92 Å². The first-order chi connectivity index (χ1) is 14.6. The summed E-state index contributed by atoms with van der Waals surface area (Å²) in [6, 6.07) is 14.4.